The van der Waals surface area contributed by atoms with Crippen molar-refractivity contribution in [2.45, 2.75) is 0 Å². The van der Waals surface area contributed by atoms with Crippen LogP contribution in [0.5, 0.6) is 0 Å². The lowest BCUT2D eigenvalue weighted by Gasteiger charge is -2.13. The Kier molecular flexibility index (Phi) is 5.68. The topological polar surface area (TPSA) is 118 Å². The third-order valence-electron chi connectivity index (χ3n) is 12.0. The fourth-order valence-electron chi connectivity index (χ4n) is 9.20. The highest BCUT2D eigenvalue weighted by molar-refractivity contribution is 7.88. The third kappa shape index (κ3) is 4.10. The van der Waals surface area contributed by atoms with E-state index < -0.39 is 10.2 Å². The molecule has 2 aromatic heterocycles. The Labute approximate surface area is 333 Å². The molecule has 6 bridgehead atoms. The first kappa shape index (κ1) is 31.2. The van der Waals surface area contributed by atoms with Crippen molar-refractivity contribution < 1.29 is 8.42 Å². The van der Waals surface area contributed by atoms with Crippen LogP contribution in [0, 0.1) is 0 Å². The lowest BCUT2D eigenvalue weighted by Crippen LogP contribution is -2.38. The highest BCUT2D eigenvalue weighted by Crippen LogP contribution is 2.44. The first-order valence-corrected chi connectivity index (χ1v) is 20.6. The van der Waals surface area contributed by atoms with E-state index in [1.165, 1.54) is 7.94 Å². The normalized spacial score (nSPS) is 15.7. The van der Waals surface area contributed by atoms with Gasteiger partial charge in [-0.3, -0.25) is 0 Å². The molecule has 0 saturated heterocycles. The molecular formula is C48H24N8O2S. The van der Waals surface area contributed by atoms with E-state index in [9.17, 15) is 0 Å². The summed E-state index contributed by atoms with van der Waals surface area (Å²) in [6, 6.07) is 48.3. The second kappa shape index (κ2) is 10.7. The van der Waals surface area contributed by atoms with E-state index >= 15 is 8.42 Å². The first-order valence-electron chi connectivity index (χ1n) is 19.2. The molecule has 59 heavy (non-hydrogen) atoms. The van der Waals surface area contributed by atoms with Crippen LogP contribution in [0.25, 0.3) is 64.6 Å². The van der Waals surface area contributed by atoms with Crippen LogP contribution < -0.4 is 11.0 Å². The van der Waals surface area contributed by atoms with Gasteiger partial charge in [-0.25, -0.2) is 30.0 Å². The summed E-state index contributed by atoms with van der Waals surface area (Å²) in [5.41, 5.74) is 3.36. The molecule has 0 fully saturated rings. The van der Waals surface area contributed by atoms with Gasteiger partial charge in [0.25, 0.3) is 0 Å². The largest absolute Gasteiger partial charge is 0.340 e. The molecule has 0 amide bonds. The highest BCUT2D eigenvalue weighted by Gasteiger charge is 2.36. The quantitative estimate of drug-likeness (QED) is 0.153. The van der Waals surface area contributed by atoms with E-state index in [0.29, 0.717) is 44.9 Å². The lowest BCUT2D eigenvalue weighted by molar-refractivity contribution is 0.575. The number of hydrogen-bond acceptors (Lipinski definition) is 8. The Morgan fingerprint density at radius 3 is 0.949 bits per heavy atom. The fraction of sp³-hybridized carbons (Fsp3) is 0. The monoisotopic (exact) mass is 776 g/mol. The maximum Gasteiger partial charge on any atom is 0.340 e. The Balaban J connectivity index is 1.26. The van der Waals surface area contributed by atoms with Crippen LogP contribution in [0.4, 0.5) is 11.6 Å². The zero-order chi connectivity index (χ0) is 38.7. The Hall–Kier alpha value is -7.89. The van der Waals surface area contributed by atoms with E-state index in [4.69, 9.17) is 30.0 Å². The molecule has 0 aliphatic carbocycles. The molecule has 8 aromatic carbocycles. The Morgan fingerprint density at radius 2 is 0.610 bits per heavy atom. The van der Waals surface area contributed by atoms with Gasteiger partial charge in [-0.1, -0.05) is 97.1 Å². The smallest absolute Gasteiger partial charge is 0.209 e. The van der Waals surface area contributed by atoms with E-state index in [2.05, 4.69) is 24.3 Å². The third-order valence-corrected chi connectivity index (χ3v) is 13.6. The number of nitrogens with zero attached hydrogens (tertiary/aromatic N) is 8. The first-order chi connectivity index (χ1) is 28.9. The van der Waals surface area contributed by atoms with Crippen molar-refractivity contribution in [1.82, 2.24) is 7.94 Å². The highest BCUT2D eigenvalue weighted by atomic mass is 32.2. The SMILES string of the molecule is O=S1(=O)n2c3c4cc5ccccc5cc4c2N=C2N=C(N=c4c5cc6ccccc6cc5c(n41)=NC1=NC(=N3)c3cc4ccccc4cc31)c1cc3ccccc3cc12. The summed E-state index contributed by atoms with van der Waals surface area (Å²) >= 11 is 0. The van der Waals surface area contributed by atoms with Crippen molar-refractivity contribution in [1.29, 1.82) is 0 Å². The van der Waals surface area contributed by atoms with E-state index in [1.54, 1.807) is 0 Å². The summed E-state index contributed by atoms with van der Waals surface area (Å²) in [6.07, 6.45) is 0. The van der Waals surface area contributed by atoms with Crippen molar-refractivity contribution in [2.75, 3.05) is 0 Å². The van der Waals surface area contributed by atoms with Gasteiger partial charge in [0, 0.05) is 43.8 Å². The summed E-state index contributed by atoms with van der Waals surface area (Å²) in [5, 5.41) is 10.1. The van der Waals surface area contributed by atoms with Gasteiger partial charge in [-0.05, 0) is 91.6 Å². The molecule has 274 valence electrons. The minimum atomic E-state index is -4.67. The molecular weight excluding hydrogens is 753 g/mol. The summed E-state index contributed by atoms with van der Waals surface area (Å²) in [6.45, 7) is 0. The molecule has 0 N–H and O–H groups in total. The van der Waals surface area contributed by atoms with Gasteiger partial charge in [0.15, 0.2) is 46.0 Å². The van der Waals surface area contributed by atoms with Crippen LogP contribution in [0.3, 0.4) is 0 Å². The van der Waals surface area contributed by atoms with Crippen molar-refractivity contribution in [3.05, 3.63) is 179 Å². The zero-order valence-corrected chi connectivity index (χ0v) is 31.5. The second-order valence-electron chi connectivity index (χ2n) is 15.3. The summed E-state index contributed by atoms with van der Waals surface area (Å²) in [7, 11) is -4.67. The number of rotatable bonds is 0. The fourth-order valence-corrected chi connectivity index (χ4v) is 10.8. The lowest BCUT2D eigenvalue weighted by atomic mass is 10.0. The van der Waals surface area contributed by atoms with Gasteiger partial charge >= 0.3 is 10.2 Å². The number of hydrogen-bond donors (Lipinski definition) is 0. The van der Waals surface area contributed by atoms with Crippen LogP contribution >= 0.6 is 0 Å². The average Bonchev–Trinajstić information content (AvgIpc) is 3.95. The molecule has 14 rings (SSSR count). The molecule has 4 aliphatic rings. The Morgan fingerprint density at radius 1 is 0.322 bits per heavy atom. The molecule has 0 unspecified atom stereocenters. The number of benzene rings is 8. The van der Waals surface area contributed by atoms with Crippen molar-refractivity contribution >= 4 is 110 Å². The maximum absolute atomic E-state index is 16.1. The van der Waals surface area contributed by atoms with Crippen molar-refractivity contribution in [2.24, 2.45) is 30.0 Å². The molecule has 10 aromatic rings. The summed E-state index contributed by atoms with van der Waals surface area (Å²) < 4.78 is 34.8. The molecule has 0 spiro atoms. The van der Waals surface area contributed by atoms with Crippen LogP contribution in [0.1, 0.15) is 22.3 Å². The molecule has 6 heterocycles. The van der Waals surface area contributed by atoms with Gasteiger partial charge < -0.3 is 0 Å². The zero-order valence-electron chi connectivity index (χ0n) is 30.7. The van der Waals surface area contributed by atoms with Gasteiger partial charge in [0.05, 0.1) is 0 Å². The van der Waals surface area contributed by atoms with Crippen LogP contribution in [0.2, 0.25) is 0 Å². The molecule has 0 saturated carbocycles. The molecule has 0 atom stereocenters. The predicted molar refractivity (Wildman–Crippen MR) is 234 cm³/mol. The minimum absolute atomic E-state index is 0.174. The molecule has 10 nitrogen and oxygen atoms in total. The van der Waals surface area contributed by atoms with Crippen molar-refractivity contribution in [3.63, 3.8) is 0 Å². The van der Waals surface area contributed by atoms with Crippen LogP contribution in [0.15, 0.2) is 176 Å². The maximum atomic E-state index is 16.1. The van der Waals surface area contributed by atoms with E-state index in [1.807, 2.05) is 121 Å². The number of fused-ring (bicyclic) bond motifs is 18. The number of amidine groups is 4. The predicted octanol–water partition coefficient (Wildman–Crippen LogP) is 8.79. The van der Waals surface area contributed by atoms with Gasteiger partial charge in [-0.2, -0.15) is 16.4 Å². The molecule has 4 aliphatic heterocycles. The van der Waals surface area contributed by atoms with E-state index in [-0.39, 0.29) is 22.6 Å². The van der Waals surface area contributed by atoms with Gasteiger partial charge in [-0.15, -0.1) is 0 Å². The van der Waals surface area contributed by atoms with Gasteiger partial charge in [0.2, 0.25) is 0 Å². The van der Waals surface area contributed by atoms with Crippen LogP contribution in [-0.2, 0) is 10.2 Å². The van der Waals surface area contributed by atoms with Crippen LogP contribution in [-0.4, -0.2) is 39.7 Å². The number of aliphatic imine (C=N–C) groups is 4. The Bertz CT molecular complexity index is 3850. The van der Waals surface area contributed by atoms with E-state index in [0.717, 1.165) is 65.3 Å². The summed E-state index contributed by atoms with van der Waals surface area (Å²) in [4.78, 5) is 31.2. The minimum Gasteiger partial charge on any atom is -0.209 e. The molecule has 0 radical (unpaired) electrons. The summed E-state index contributed by atoms with van der Waals surface area (Å²) in [5.74, 6) is 1.78. The molecule has 11 heteroatoms. The standard InChI is InChI=1S/C48H24N8O2S/c57-59(58)55-45-37-21-29-13-5-6-14-30(29)22-38(37)47(55)53-43-35-19-27-11-3-4-12-28(27)20-36(35)44(50-43)54-48-40-24-32-16-8-7-15-31(32)23-39(40)46(56(48)59)52-42-34-18-26-10-2-1-9-25(26)17-33(34)41(49-42)51-45/h1-24H. The number of aromatic nitrogens is 2. The second-order valence-corrected chi connectivity index (χ2v) is 16.9. The average molecular weight is 777 g/mol. The van der Waals surface area contributed by atoms with Crippen molar-refractivity contribution in [3.8, 4) is 0 Å². The van der Waals surface area contributed by atoms with Gasteiger partial charge in [0.1, 0.15) is 0 Å².